The second-order valence-corrected chi connectivity index (χ2v) is 7.81. The van der Waals surface area contributed by atoms with Gasteiger partial charge in [0, 0.05) is 57.6 Å². The topological polar surface area (TPSA) is 76.6 Å². The highest BCUT2D eigenvalue weighted by Crippen LogP contribution is 2.32. The Bertz CT molecular complexity index is 682. The number of ether oxygens (including phenoxy) is 4. The molecule has 3 rings (SSSR count). The lowest BCUT2D eigenvalue weighted by Gasteiger charge is -2.21. The van der Waals surface area contributed by atoms with E-state index in [-0.39, 0.29) is 0 Å². The number of nitrogens with zero attached hydrogens (tertiary/aromatic N) is 2. The van der Waals surface area contributed by atoms with Crippen LogP contribution in [0.2, 0.25) is 0 Å². The van der Waals surface area contributed by atoms with Crippen LogP contribution < -0.4 is 20.1 Å². The average Bonchev–Trinajstić information content (AvgIpc) is 3.63. The largest absolute Gasteiger partial charge is 0.490 e. The summed E-state index contributed by atoms with van der Waals surface area (Å²) in [6, 6.07) is 6.71. The number of rotatable bonds is 13. The van der Waals surface area contributed by atoms with Gasteiger partial charge in [0.2, 0.25) is 0 Å². The molecule has 1 aromatic rings. The van der Waals surface area contributed by atoms with Gasteiger partial charge in [0.05, 0.1) is 26.4 Å². The summed E-state index contributed by atoms with van der Waals surface area (Å²) in [6.07, 6.45) is 4.41. The zero-order chi connectivity index (χ0) is 21.7. The molecule has 1 aliphatic carbocycles. The van der Waals surface area contributed by atoms with Crippen molar-refractivity contribution in [2.24, 2.45) is 4.99 Å². The maximum absolute atomic E-state index is 5.82. The lowest BCUT2D eigenvalue weighted by atomic mass is 10.2. The van der Waals surface area contributed by atoms with Crippen LogP contribution >= 0.6 is 0 Å². The van der Waals surface area contributed by atoms with Gasteiger partial charge in [0.1, 0.15) is 0 Å². The Balaban J connectivity index is 1.53. The predicted octanol–water partition coefficient (Wildman–Crippen LogP) is 2.74. The van der Waals surface area contributed by atoms with E-state index < -0.39 is 0 Å². The maximum atomic E-state index is 5.82. The third kappa shape index (κ3) is 8.55. The highest BCUT2D eigenvalue weighted by atomic mass is 16.5. The molecule has 1 heterocycles. The van der Waals surface area contributed by atoms with E-state index in [2.05, 4.69) is 22.5 Å². The van der Waals surface area contributed by atoms with Crippen LogP contribution in [0.1, 0.15) is 32.6 Å². The van der Waals surface area contributed by atoms with E-state index in [1.165, 1.54) is 12.8 Å². The molecule has 0 aromatic heterocycles. The molecule has 0 saturated heterocycles. The molecule has 0 amide bonds. The highest BCUT2D eigenvalue weighted by Gasteiger charge is 2.27. The second-order valence-electron chi connectivity index (χ2n) is 7.81. The fourth-order valence-electron chi connectivity index (χ4n) is 3.48. The number of hydrogen-bond donors (Lipinski definition) is 2. The molecule has 1 aromatic carbocycles. The number of methoxy groups -OCH3 is 1. The minimum absolute atomic E-state index is 0.620. The Morgan fingerprint density at radius 2 is 2.00 bits per heavy atom. The maximum Gasteiger partial charge on any atom is 0.195 e. The Kier molecular flexibility index (Phi) is 10.2. The molecular weight excluding hydrogens is 396 g/mol. The highest BCUT2D eigenvalue weighted by molar-refractivity contribution is 5.94. The molecule has 2 N–H and O–H groups in total. The van der Waals surface area contributed by atoms with Gasteiger partial charge in [-0.2, -0.15) is 0 Å². The van der Waals surface area contributed by atoms with Crippen molar-refractivity contribution >= 4 is 11.6 Å². The van der Waals surface area contributed by atoms with Crippen LogP contribution in [0.4, 0.5) is 5.69 Å². The third-order valence-corrected chi connectivity index (χ3v) is 5.32. The van der Waals surface area contributed by atoms with Crippen LogP contribution in [0.25, 0.3) is 0 Å². The molecule has 0 atom stereocenters. The van der Waals surface area contributed by atoms with Crippen molar-refractivity contribution in [2.45, 2.75) is 38.6 Å². The van der Waals surface area contributed by atoms with E-state index in [0.29, 0.717) is 39.6 Å². The fraction of sp³-hybridized carbons (Fsp3) is 0.696. The first-order chi connectivity index (χ1) is 15.3. The lowest BCUT2D eigenvalue weighted by molar-refractivity contribution is 0.0702. The van der Waals surface area contributed by atoms with Gasteiger partial charge in [-0.15, -0.1) is 0 Å². The fourth-order valence-corrected chi connectivity index (χ4v) is 3.48. The van der Waals surface area contributed by atoms with Gasteiger partial charge in [-0.25, -0.2) is 0 Å². The molecule has 0 radical (unpaired) electrons. The second kappa shape index (κ2) is 13.4. The van der Waals surface area contributed by atoms with Crippen LogP contribution in [0.15, 0.2) is 23.2 Å². The van der Waals surface area contributed by atoms with Gasteiger partial charge in [-0.3, -0.25) is 9.89 Å². The Hall–Kier alpha value is -2.03. The van der Waals surface area contributed by atoms with Gasteiger partial charge in [-0.1, -0.05) is 6.92 Å². The molecule has 31 heavy (non-hydrogen) atoms. The van der Waals surface area contributed by atoms with Crippen molar-refractivity contribution in [3.05, 3.63) is 18.2 Å². The Morgan fingerprint density at radius 3 is 2.77 bits per heavy atom. The summed E-state index contributed by atoms with van der Waals surface area (Å²) in [6.45, 7) is 9.16. The first-order valence-corrected chi connectivity index (χ1v) is 11.6. The first-order valence-electron chi connectivity index (χ1n) is 11.6. The molecule has 0 spiro atoms. The normalized spacial score (nSPS) is 16.3. The van der Waals surface area contributed by atoms with E-state index in [1.807, 2.05) is 18.2 Å². The minimum atomic E-state index is 0.620. The standard InChI is InChI=1S/C23H38N4O4/c1-3-27(20-7-8-20)12-11-25-23(24-10-4-13-29-17-16-28-2)26-19-6-9-21-22(18-19)31-15-5-14-30-21/h6,9,18,20H,3-5,7-8,10-17H2,1-2H3,(H2,24,25,26). The zero-order valence-electron chi connectivity index (χ0n) is 19.0. The Morgan fingerprint density at radius 1 is 1.16 bits per heavy atom. The summed E-state index contributed by atoms with van der Waals surface area (Å²) < 4.78 is 22.1. The summed E-state index contributed by atoms with van der Waals surface area (Å²) >= 11 is 0. The summed E-state index contributed by atoms with van der Waals surface area (Å²) in [5.41, 5.74) is 0.932. The van der Waals surface area contributed by atoms with Gasteiger partial charge in [0.15, 0.2) is 17.5 Å². The van der Waals surface area contributed by atoms with Crippen LogP contribution in [-0.2, 0) is 9.47 Å². The average molecular weight is 435 g/mol. The number of benzene rings is 1. The Labute approximate surface area is 186 Å². The van der Waals surface area contributed by atoms with Gasteiger partial charge < -0.3 is 29.6 Å². The SMILES string of the molecule is CCN(CCNC(=NCCCOCCOC)Nc1ccc2c(c1)OCCCO2)C1CC1. The summed E-state index contributed by atoms with van der Waals surface area (Å²) in [5.74, 6) is 2.35. The van der Waals surface area contributed by atoms with Crippen LogP contribution in [0, 0.1) is 0 Å². The molecule has 0 bridgehead atoms. The van der Waals surface area contributed by atoms with E-state index >= 15 is 0 Å². The van der Waals surface area contributed by atoms with Crippen LogP contribution in [-0.4, -0.2) is 83.2 Å². The lowest BCUT2D eigenvalue weighted by Crippen LogP contribution is -2.39. The van der Waals surface area contributed by atoms with Crippen molar-refractivity contribution in [1.82, 2.24) is 10.2 Å². The monoisotopic (exact) mass is 434 g/mol. The zero-order valence-corrected chi connectivity index (χ0v) is 19.0. The van der Waals surface area contributed by atoms with E-state index in [1.54, 1.807) is 7.11 Å². The summed E-state index contributed by atoms with van der Waals surface area (Å²) in [7, 11) is 1.68. The van der Waals surface area contributed by atoms with Gasteiger partial charge in [-0.05, 0) is 37.9 Å². The predicted molar refractivity (Wildman–Crippen MR) is 124 cm³/mol. The number of fused-ring (bicyclic) bond motifs is 1. The van der Waals surface area contributed by atoms with Crippen molar-refractivity contribution in [3.63, 3.8) is 0 Å². The minimum Gasteiger partial charge on any atom is -0.490 e. The smallest absolute Gasteiger partial charge is 0.195 e. The molecule has 8 nitrogen and oxygen atoms in total. The molecule has 1 fully saturated rings. The number of guanidine groups is 1. The molecule has 1 saturated carbocycles. The van der Waals surface area contributed by atoms with E-state index in [0.717, 1.165) is 61.7 Å². The molecular formula is C23H38N4O4. The molecule has 0 unspecified atom stereocenters. The van der Waals surface area contributed by atoms with E-state index in [9.17, 15) is 0 Å². The molecule has 2 aliphatic rings. The van der Waals surface area contributed by atoms with Crippen molar-refractivity contribution in [3.8, 4) is 11.5 Å². The quantitative estimate of drug-likeness (QED) is 0.281. The molecule has 8 heteroatoms. The van der Waals surface area contributed by atoms with Crippen molar-refractivity contribution in [2.75, 3.05) is 71.6 Å². The van der Waals surface area contributed by atoms with Crippen molar-refractivity contribution < 1.29 is 18.9 Å². The van der Waals surface area contributed by atoms with E-state index in [4.69, 9.17) is 23.9 Å². The van der Waals surface area contributed by atoms with Gasteiger partial charge in [0.25, 0.3) is 0 Å². The number of nitrogens with one attached hydrogen (secondary N) is 2. The number of hydrogen-bond acceptors (Lipinski definition) is 6. The number of likely N-dealkylation sites (N-methyl/N-ethyl adjacent to an activating group) is 1. The first kappa shape index (κ1) is 23.6. The molecule has 174 valence electrons. The van der Waals surface area contributed by atoms with Crippen LogP contribution in [0.5, 0.6) is 11.5 Å². The van der Waals surface area contributed by atoms with Crippen LogP contribution in [0.3, 0.4) is 0 Å². The number of anilines is 1. The van der Waals surface area contributed by atoms with Crippen molar-refractivity contribution in [1.29, 1.82) is 0 Å². The molecule has 1 aliphatic heterocycles. The summed E-state index contributed by atoms with van der Waals surface area (Å²) in [5, 5.41) is 6.90. The van der Waals surface area contributed by atoms with Gasteiger partial charge >= 0.3 is 0 Å². The number of aliphatic imine (C=N–C) groups is 1. The third-order valence-electron chi connectivity index (χ3n) is 5.32. The summed E-state index contributed by atoms with van der Waals surface area (Å²) in [4.78, 5) is 7.27.